The fourth-order valence-corrected chi connectivity index (χ4v) is 0.624. The Labute approximate surface area is 110 Å². The second-order valence-corrected chi connectivity index (χ2v) is 3.84. The van der Waals surface area contributed by atoms with Gasteiger partial charge in [-0.05, 0) is 0 Å². The topological polar surface area (TPSA) is 134 Å². The molecule has 0 atom stereocenters. The van der Waals surface area contributed by atoms with Gasteiger partial charge in [0.25, 0.3) is 0 Å². The fourth-order valence-electron chi connectivity index (χ4n) is 0.161. The van der Waals surface area contributed by atoms with Crippen molar-refractivity contribution >= 4 is 67.0 Å². The van der Waals surface area contributed by atoms with Crippen LogP contribution in [0.4, 0.5) is 0 Å². The molecular formula is CH7KO8P2. The summed E-state index contributed by atoms with van der Waals surface area (Å²) in [6, 6.07) is 0. The summed E-state index contributed by atoms with van der Waals surface area (Å²) < 4.78 is 26.8. The number of phosphoric ester groups is 2. The molecule has 0 aliphatic rings. The summed E-state index contributed by atoms with van der Waals surface area (Å²) in [5.41, 5.74) is 0. The molecule has 0 aliphatic carbocycles. The Hall–Kier alpha value is 1.86. The third-order valence-electron chi connectivity index (χ3n) is 0.442. The van der Waals surface area contributed by atoms with Crippen LogP contribution in [0, 0.1) is 0 Å². The van der Waals surface area contributed by atoms with Gasteiger partial charge in [-0.25, -0.2) is 9.13 Å². The summed E-state index contributed by atoms with van der Waals surface area (Å²) in [6.07, 6.45) is 0. The summed E-state index contributed by atoms with van der Waals surface area (Å²) in [7, 11) is -9.44. The van der Waals surface area contributed by atoms with Crippen LogP contribution in [0.3, 0.4) is 0 Å². The molecule has 0 radical (unpaired) electrons. The molecule has 0 aromatic carbocycles. The van der Waals surface area contributed by atoms with Gasteiger partial charge in [-0.15, -0.1) is 0 Å². The predicted octanol–water partition coefficient (Wildman–Crippen LogP) is -1.49. The van der Waals surface area contributed by atoms with E-state index in [9.17, 15) is 9.13 Å². The van der Waals surface area contributed by atoms with Crippen molar-refractivity contribution in [1.29, 1.82) is 0 Å². The average molecular weight is 248 g/mol. The second-order valence-electron chi connectivity index (χ2n) is 1.36. The van der Waals surface area contributed by atoms with Crippen molar-refractivity contribution < 1.29 is 37.8 Å². The van der Waals surface area contributed by atoms with E-state index in [0.29, 0.717) is 0 Å². The monoisotopic (exact) mass is 248 g/mol. The molecule has 0 aromatic rings. The number of phosphoric acid groups is 2. The molecule has 12 heavy (non-hydrogen) atoms. The Morgan fingerprint density at radius 1 is 0.917 bits per heavy atom. The number of hydrogen-bond donors (Lipinski definition) is 4. The molecule has 0 aliphatic heterocycles. The average Bonchev–Trinajstić information content (AvgIpc) is 1.55. The van der Waals surface area contributed by atoms with E-state index in [2.05, 4.69) is 9.05 Å². The van der Waals surface area contributed by atoms with Gasteiger partial charge >= 0.3 is 67.0 Å². The minimum atomic E-state index is -4.72. The van der Waals surface area contributed by atoms with Crippen molar-refractivity contribution in [1.82, 2.24) is 0 Å². The van der Waals surface area contributed by atoms with Gasteiger partial charge in [0.2, 0.25) is 0 Å². The van der Waals surface area contributed by atoms with E-state index in [1.54, 1.807) is 0 Å². The summed E-state index contributed by atoms with van der Waals surface area (Å²) >= 11 is 0. The summed E-state index contributed by atoms with van der Waals surface area (Å²) in [4.78, 5) is 31.9. The van der Waals surface area contributed by atoms with Crippen LogP contribution >= 0.6 is 15.6 Å². The van der Waals surface area contributed by atoms with Crippen molar-refractivity contribution in [3.63, 3.8) is 0 Å². The third-order valence-corrected chi connectivity index (χ3v) is 1.33. The van der Waals surface area contributed by atoms with E-state index in [1.165, 1.54) is 0 Å². The van der Waals surface area contributed by atoms with Gasteiger partial charge in [0.1, 0.15) is 0 Å². The zero-order valence-electron chi connectivity index (χ0n) is 5.02. The quantitative estimate of drug-likeness (QED) is 0.268. The van der Waals surface area contributed by atoms with E-state index < -0.39 is 22.4 Å². The molecule has 0 aromatic heterocycles. The standard InChI is InChI=1S/CH6O8P2.K.H/c2-10(3,4)8-1-9-11(5,6)7;;/h1H2,(H2,2,3,4)(H2,5,6,7);;. The Bertz CT molecular complexity index is 179. The molecule has 0 bridgehead atoms. The predicted molar refractivity (Wildman–Crippen MR) is 38.3 cm³/mol. The first-order chi connectivity index (χ1) is 4.71. The van der Waals surface area contributed by atoms with E-state index in [4.69, 9.17) is 19.6 Å². The summed E-state index contributed by atoms with van der Waals surface area (Å²) in [6.45, 7) is -1.16. The molecule has 0 heterocycles. The van der Waals surface area contributed by atoms with E-state index in [1.807, 2.05) is 0 Å². The molecular weight excluding hydrogens is 241 g/mol. The molecule has 4 N–H and O–H groups in total. The van der Waals surface area contributed by atoms with Crippen molar-refractivity contribution in [2.75, 3.05) is 6.79 Å². The van der Waals surface area contributed by atoms with Gasteiger partial charge in [-0.3, -0.25) is 9.05 Å². The SMILES string of the molecule is O=P(O)(O)OCOP(=O)(O)O.[KH]. The van der Waals surface area contributed by atoms with Crippen molar-refractivity contribution in [3.05, 3.63) is 0 Å². The molecule has 0 saturated heterocycles. The van der Waals surface area contributed by atoms with Gasteiger partial charge in [0, 0.05) is 0 Å². The van der Waals surface area contributed by atoms with Crippen LogP contribution in [0.1, 0.15) is 0 Å². The number of rotatable bonds is 4. The summed E-state index contributed by atoms with van der Waals surface area (Å²) in [5, 5.41) is 0. The number of hydrogen-bond acceptors (Lipinski definition) is 4. The Morgan fingerprint density at radius 2 is 1.17 bits per heavy atom. The van der Waals surface area contributed by atoms with Crippen molar-refractivity contribution in [3.8, 4) is 0 Å². The first-order valence-electron chi connectivity index (χ1n) is 2.11. The van der Waals surface area contributed by atoms with Gasteiger partial charge < -0.3 is 19.6 Å². The molecule has 11 heteroatoms. The van der Waals surface area contributed by atoms with E-state index in [-0.39, 0.29) is 51.4 Å². The van der Waals surface area contributed by atoms with Crippen molar-refractivity contribution in [2.24, 2.45) is 0 Å². The molecule has 0 fully saturated rings. The normalized spacial score (nSPS) is 12.3. The molecule has 0 spiro atoms. The molecule has 0 unspecified atom stereocenters. The van der Waals surface area contributed by atoms with Crippen LogP contribution in [-0.2, 0) is 18.2 Å². The van der Waals surface area contributed by atoms with Gasteiger partial charge in [0.15, 0.2) is 6.79 Å². The van der Waals surface area contributed by atoms with Crippen LogP contribution in [0.2, 0.25) is 0 Å². The van der Waals surface area contributed by atoms with Crippen LogP contribution < -0.4 is 0 Å². The third kappa shape index (κ3) is 14.4. The van der Waals surface area contributed by atoms with Crippen molar-refractivity contribution in [2.45, 2.75) is 0 Å². The van der Waals surface area contributed by atoms with Crippen LogP contribution in [0.15, 0.2) is 0 Å². The molecule has 0 saturated carbocycles. The zero-order chi connectivity index (χ0) is 9.12. The molecule has 70 valence electrons. The first-order valence-corrected chi connectivity index (χ1v) is 5.17. The van der Waals surface area contributed by atoms with E-state index >= 15 is 0 Å². The Morgan fingerprint density at radius 3 is 1.33 bits per heavy atom. The van der Waals surface area contributed by atoms with E-state index in [0.717, 1.165) is 0 Å². The van der Waals surface area contributed by atoms with Crippen LogP contribution in [0.5, 0.6) is 0 Å². The Balaban J connectivity index is 0. The van der Waals surface area contributed by atoms with Gasteiger partial charge in [-0.2, -0.15) is 0 Å². The minimum absolute atomic E-state index is 0. The van der Waals surface area contributed by atoms with Gasteiger partial charge in [0.05, 0.1) is 0 Å². The Kier molecular flexibility index (Phi) is 8.64. The van der Waals surface area contributed by atoms with Crippen LogP contribution in [0.25, 0.3) is 0 Å². The molecule has 0 rings (SSSR count). The van der Waals surface area contributed by atoms with Gasteiger partial charge in [-0.1, -0.05) is 0 Å². The van der Waals surface area contributed by atoms with Crippen LogP contribution in [-0.4, -0.2) is 77.8 Å². The zero-order valence-corrected chi connectivity index (χ0v) is 6.81. The second kappa shape index (κ2) is 6.36. The first kappa shape index (κ1) is 16.3. The molecule has 8 nitrogen and oxygen atoms in total. The molecule has 0 amide bonds. The fraction of sp³-hybridized carbons (Fsp3) is 1.00. The summed E-state index contributed by atoms with van der Waals surface area (Å²) in [5.74, 6) is 0. The maximum atomic E-state index is 9.86. The maximum absolute atomic E-state index is 9.86.